The minimum Gasteiger partial charge on any atom is -0.507 e. The monoisotopic (exact) mass is 383 g/mol. The van der Waals surface area contributed by atoms with E-state index in [0.29, 0.717) is 23.8 Å². The maximum atomic E-state index is 14.3. The Morgan fingerprint density at radius 1 is 1.14 bits per heavy atom. The Balaban J connectivity index is 2.02. The number of aliphatic hydroxyl groups is 1. The van der Waals surface area contributed by atoms with Crippen molar-refractivity contribution in [3.8, 4) is 5.75 Å². The van der Waals surface area contributed by atoms with Gasteiger partial charge in [-0.2, -0.15) is 0 Å². The molecule has 1 atom stereocenters. The first-order valence-corrected chi connectivity index (χ1v) is 9.03. The zero-order valence-corrected chi connectivity index (χ0v) is 16.0. The minimum absolute atomic E-state index is 0.131. The van der Waals surface area contributed by atoms with Gasteiger partial charge < -0.3 is 14.7 Å². The summed E-state index contributed by atoms with van der Waals surface area (Å²) in [4.78, 5) is 25.9. The molecular weight excluding hydrogens is 361 g/mol. The lowest BCUT2D eigenvalue weighted by atomic mass is 9.95. The number of hydrogen-bond acceptors (Lipinski definition) is 4. The van der Waals surface area contributed by atoms with Gasteiger partial charge in [-0.15, -0.1) is 0 Å². The number of rotatable bonds is 5. The third kappa shape index (κ3) is 3.63. The highest BCUT2D eigenvalue weighted by molar-refractivity contribution is 6.46. The number of carbonyl (C=O) groups is 2. The molecule has 1 unspecified atom stereocenters. The van der Waals surface area contributed by atoms with Crippen molar-refractivity contribution in [2.75, 3.05) is 13.7 Å². The van der Waals surface area contributed by atoms with Gasteiger partial charge in [-0.25, -0.2) is 4.39 Å². The molecule has 5 nitrogen and oxygen atoms in total. The van der Waals surface area contributed by atoms with E-state index in [2.05, 4.69) is 0 Å². The zero-order valence-electron chi connectivity index (χ0n) is 16.0. The molecular formula is C22H22FNO4. The van der Waals surface area contributed by atoms with Crippen LogP contribution in [-0.4, -0.2) is 35.4 Å². The number of aliphatic hydroxyl groups excluding tert-OH is 1. The van der Waals surface area contributed by atoms with Crippen LogP contribution in [0, 0.1) is 11.7 Å². The van der Waals surface area contributed by atoms with Crippen LogP contribution in [0.4, 0.5) is 4.39 Å². The number of halogens is 1. The summed E-state index contributed by atoms with van der Waals surface area (Å²) in [5.41, 5.74) is 0.376. The van der Waals surface area contributed by atoms with Crippen LogP contribution in [0.3, 0.4) is 0 Å². The van der Waals surface area contributed by atoms with Gasteiger partial charge in [-0.05, 0) is 36.2 Å². The third-order valence-electron chi connectivity index (χ3n) is 4.59. The molecule has 0 spiro atoms. The van der Waals surface area contributed by atoms with Crippen LogP contribution < -0.4 is 4.74 Å². The Labute approximate surface area is 163 Å². The SMILES string of the molecule is CC(C)COc1ccc(/C(O)=C2/C(=O)C(=O)N(C)C2c2ccccc2F)cc1. The molecule has 6 heteroatoms. The number of likely N-dealkylation sites (N-methyl/N-ethyl adjacent to an activating group) is 1. The van der Waals surface area contributed by atoms with E-state index in [9.17, 15) is 19.1 Å². The van der Waals surface area contributed by atoms with Crippen molar-refractivity contribution in [3.63, 3.8) is 0 Å². The molecule has 3 rings (SSSR count). The van der Waals surface area contributed by atoms with Crippen molar-refractivity contribution in [3.05, 3.63) is 71.0 Å². The zero-order chi connectivity index (χ0) is 20.4. The maximum absolute atomic E-state index is 14.3. The highest BCUT2D eigenvalue weighted by Gasteiger charge is 2.45. The molecule has 1 N–H and O–H groups in total. The number of ketones is 1. The molecule has 1 aliphatic heterocycles. The van der Waals surface area contributed by atoms with Crippen LogP contribution in [0.2, 0.25) is 0 Å². The normalized spacial score (nSPS) is 18.8. The van der Waals surface area contributed by atoms with Crippen LogP contribution in [0.15, 0.2) is 54.1 Å². The summed E-state index contributed by atoms with van der Waals surface area (Å²) in [6, 6.07) is 11.5. The lowest BCUT2D eigenvalue weighted by Gasteiger charge is -2.21. The first-order valence-electron chi connectivity index (χ1n) is 9.03. The van der Waals surface area contributed by atoms with Gasteiger partial charge in [0.25, 0.3) is 11.7 Å². The van der Waals surface area contributed by atoms with Crippen LogP contribution in [0.1, 0.15) is 31.0 Å². The summed E-state index contributed by atoms with van der Waals surface area (Å²) in [6.07, 6.45) is 0. The van der Waals surface area contributed by atoms with E-state index in [-0.39, 0.29) is 16.9 Å². The molecule has 146 valence electrons. The number of benzene rings is 2. The Morgan fingerprint density at radius 3 is 2.39 bits per heavy atom. The molecule has 0 bridgehead atoms. The first kappa shape index (κ1) is 19.6. The molecule has 28 heavy (non-hydrogen) atoms. The second kappa shape index (κ2) is 7.84. The van der Waals surface area contributed by atoms with Gasteiger partial charge in [-0.3, -0.25) is 9.59 Å². The van der Waals surface area contributed by atoms with Gasteiger partial charge in [0.1, 0.15) is 17.3 Å². The Hall–Kier alpha value is -3.15. The molecule has 0 aliphatic carbocycles. The van der Waals surface area contributed by atoms with Crippen molar-refractivity contribution in [2.45, 2.75) is 19.9 Å². The number of ether oxygens (including phenoxy) is 1. The van der Waals surface area contributed by atoms with E-state index in [1.807, 2.05) is 13.8 Å². The van der Waals surface area contributed by atoms with Crippen molar-refractivity contribution < 1.29 is 23.8 Å². The van der Waals surface area contributed by atoms with E-state index in [1.165, 1.54) is 25.2 Å². The Bertz CT molecular complexity index is 934. The Morgan fingerprint density at radius 2 is 1.79 bits per heavy atom. The van der Waals surface area contributed by atoms with Crippen molar-refractivity contribution in [1.82, 2.24) is 4.90 Å². The number of Topliss-reactive ketones (excluding diaryl/α,β-unsaturated/α-hetero) is 1. The molecule has 1 heterocycles. The molecule has 0 radical (unpaired) electrons. The predicted molar refractivity (Wildman–Crippen MR) is 103 cm³/mol. The molecule has 1 saturated heterocycles. The van der Waals surface area contributed by atoms with E-state index in [0.717, 1.165) is 4.90 Å². The molecule has 0 aromatic heterocycles. The minimum atomic E-state index is -0.988. The summed E-state index contributed by atoms with van der Waals surface area (Å²) in [6.45, 7) is 4.62. The summed E-state index contributed by atoms with van der Waals surface area (Å²) >= 11 is 0. The number of amides is 1. The van der Waals surface area contributed by atoms with E-state index in [4.69, 9.17) is 4.74 Å². The highest BCUT2D eigenvalue weighted by atomic mass is 19.1. The summed E-state index contributed by atoms with van der Waals surface area (Å²) in [5, 5.41) is 10.8. The van der Waals surface area contributed by atoms with Crippen LogP contribution in [0.5, 0.6) is 5.75 Å². The van der Waals surface area contributed by atoms with Gasteiger partial charge in [-0.1, -0.05) is 32.0 Å². The largest absolute Gasteiger partial charge is 0.507 e. The molecule has 2 aromatic carbocycles. The molecule has 1 fully saturated rings. The summed E-state index contributed by atoms with van der Waals surface area (Å²) in [5.74, 6) is -1.52. The molecule has 0 saturated carbocycles. The first-order chi connectivity index (χ1) is 13.3. The number of likely N-dealkylation sites (tertiary alicyclic amines) is 1. The number of nitrogens with zero attached hydrogens (tertiary/aromatic N) is 1. The smallest absolute Gasteiger partial charge is 0.295 e. The Kier molecular flexibility index (Phi) is 5.49. The number of hydrogen-bond donors (Lipinski definition) is 1. The van der Waals surface area contributed by atoms with Crippen molar-refractivity contribution in [1.29, 1.82) is 0 Å². The average Bonchev–Trinajstić information content (AvgIpc) is 2.90. The highest BCUT2D eigenvalue weighted by Crippen LogP contribution is 2.39. The predicted octanol–water partition coefficient (Wildman–Crippen LogP) is 3.91. The van der Waals surface area contributed by atoms with E-state index < -0.39 is 23.5 Å². The quantitative estimate of drug-likeness (QED) is 0.483. The van der Waals surface area contributed by atoms with Crippen LogP contribution in [-0.2, 0) is 9.59 Å². The molecule has 1 aliphatic rings. The maximum Gasteiger partial charge on any atom is 0.295 e. The van der Waals surface area contributed by atoms with Gasteiger partial charge in [0.2, 0.25) is 0 Å². The van der Waals surface area contributed by atoms with Crippen LogP contribution >= 0.6 is 0 Å². The summed E-state index contributed by atoms with van der Waals surface area (Å²) < 4.78 is 20.0. The van der Waals surface area contributed by atoms with Gasteiger partial charge >= 0.3 is 0 Å². The number of carbonyl (C=O) groups excluding carboxylic acids is 2. The fourth-order valence-corrected chi connectivity index (χ4v) is 3.14. The average molecular weight is 383 g/mol. The standard InChI is InChI=1S/C22H22FNO4/c1-13(2)12-28-15-10-8-14(9-11-15)20(25)18-19(24(3)22(27)21(18)26)16-6-4-5-7-17(16)23/h4-11,13,19,25H,12H2,1-3H3/b20-18-. The molecule has 1 amide bonds. The topological polar surface area (TPSA) is 66.8 Å². The van der Waals surface area contributed by atoms with Crippen LogP contribution in [0.25, 0.3) is 5.76 Å². The molecule has 2 aromatic rings. The van der Waals surface area contributed by atoms with E-state index >= 15 is 0 Å². The van der Waals surface area contributed by atoms with Gasteiger partial charge in [0.05, 0.1) is 18.2 Å². The second-order valence-electron chi connectivity index (χ2n) is 7.16. The lowest BCUT2D eigenvalue weighted by molar-refractivity contribution is -0.139. The fraction of sp³-hybridized carbons (Fsp3) is 0.273. The van der Waals surface area contributed by atoms with Crippen molar-refractivity contribution >= 4 is 17.4 Å². The van der Waals surface area contributed by atoms with Crippen molar-refractivity contribution in [2.24, 2.45) is 5.92 Å². The lowest BCUT2D eigenvalue weighted by Crippen LogP contribution is -2.25. The van der Waals surface area contributed by atoms with Gasteiger partial charge in [0, 0.05) is 18.2 Å². The summed E-state index contributed by atoms with van der Waals surface area (Å²) in [7, 11) is 1.42. The fourth-order valence-electron chi connectivity index (χ4n) is 3.14. The third-order valence-corrected chi connectivity index (χ3v) is 4.59. The second-order valence-corrected chi connectivity index (χ2v) is 7.16. The van der Waals surface area contributed by atoms with E-state index in [1.54, 1.807) is 30.3 Å². The van der Waals surface area contributed by atoms with Gasteiger partial charge in [0.15, 0.2) is 0 Å².